The second-order valence-corrected chi connectivity index (χ2v) is 4.78. The average Bonchev–Trinajstić information content (AvgIpc) is 3.03. The van der Waals surface area contributed by atoms with Crippen LogP contribution in [-0.4, -0.2) is 39.3 Å². The summed E-state index contributed by atoms with van der Waals surface area (Å²) in [7, 11) is 0. The highest BCUT2D eigenvalue weighted by molar-refractivity contribution is 6.34. The predicted molar refractivity (Wildman–Crippen MR) is 75.9 cm³/mol. The summed E-state index contributed by atoms with van der Waals surface area (Å²) in [6.45, 7) is 0. The van der Waals surface area contributed by atoms with E-state index in [1.165, 1.54) is 19.0 Å². The standard InChI is InChI=1S/C10H5Cl2N9/c11-6-4-8(15-1-14-6)20(2-16-4)21-3-17-5-7(12)18-10(13)19-9(5)21/h1-3H,(H2,13,18,19). The Balaban J connectivity index is 2.07. The first-order chi connectivity index (χ1) is 10.1. The lowest BCUT2D eigenvalue weighted by atomic mass is 10.5. The summed E-state index contributed by atoms with van der Waals surface area (Å²) in [5.74, 6) is 0.0475. The molecule has 0 saturated carbocycles. The molecule has 2 N–H and O–H groups in total. The van der Waals surface area contributed by atoms with E-state index in [0.717, 1.165) is 0 Å². The van der Waals surface area contributed by atoms with Crippen LogP contribution >= 0.6 is 23.2 Å². The molecule has 0 aliphatic heterocycles. The van der Waals surface area contributed by atoms with Gasteiger partial charge in [0.2, 0.25) is 5.95 Å². The molecule has 0 saturated heterocycles. The summed E-state index contributed by atoms with van der Waals surface area (Å²) in [6, 6.07) is 0. The molecule has 0 aromatic carbocycles. The molecule has 0 amide bonds. The van der Waals surface area contributed by atoms with E-state index in [2.05, 4.69) is 29.9 Å². The van der Waals surface area contributed by atoms with Crippen molar-refractivity contribution in [3.8, 4) is 0 Å². The van der Waals surface area contributed by atoms with E-state index in [1.807, 2.05) is 0 Å². The monoisotopic (exact) mass is 321 g/mol. The Morgan fingerprint density at radius 3 is 2.24 bits per heavy atom. The van der Waals surface area contributed by atoms with Gasteiger partial charge in [-0.15, -0.1) is 0 Å². The average molecular weight is 322 g/mol. The zero-order valence-corrected chi connectivity index (χ0v) is 11.7. The molecule has 9 nitrogen and oxygen atoms in total. The lowest BCUT2D eigenvalue weighted by molar-refractivity contribution is 0.687. The van der Waals surface area contributed by atoms with Crippen LogP contribution in [0.4, 0.5) is 5.95 Å². The van der Waals surface area contributed by atoms with E-state index in [0.29, 0.717) is 22.3 Å². The Bertz CT molecular complexity index is 989. The van der Waals surface area contributed by atoms with Gasteiger partial charge in [0, 0.05) is 0 Å². The summed E-state index contributed by atoms with van der Waals surface area (Å²) < 4.78 is 3.21. The van der Waals surface area contributed by atoms with Crippen molar-refractivity contribution >= 4 is 51.5 Å². The van der Waals surface area contributed by atoms with E-state index in [-0.39, 0.29) is 16.3 Å². The van der Waals surface area contributed by atoms with Crippen molar-refractivity contribution in [3.63, 3.8) is 0 Å². The fraction of sp³-hybridized carbons (Fsp3) is 0. The molecule has 4 aromatic rings. The number of fused-ring (bicyclic) bond motifs is 2. The summed E-state index contributed by atoms with van der Waals surface area (Å²) >= 11 is 12.0. The number of imidazole rings is 2. The molecule has 4 rings (SSSR count). The van der Waals surface area contributed by atoms with Gasteiger partial charge in [0.15, 0.2) is 21.6 Å². The molecule has 21 heavy (non-hydrogen) atoms. The minimum atomic E-state index is 0.0475. The highest BCUT2D eigenvalue weighted by Gasteiger charge is 2.15. The smallest absolute Gasteiger partial charge is 0.223 e. The van der Waals surface area contributed by atoms with E-state index < -0.39 is 0 Å². The van der Waals surface area contributed by atoms with Gasteiger partial charge < -0.3 is 5.73 Å². The number of nitrogen functional groups attached to an aromatic ring is 1. The second kappa shape index (κ2) is 4.24. The number of nitrogens with zero attached hydrogens (tertiary/aromatic N) is 8. The molecule has 0 aliphatic rings. The third-order valence-electron chi connectivity index (χ3n) is 2.86. The van der Waals surface area contributed by atoms with Crippen molar-refractivity contribution in [1.29, 1.82) is 0 Å². The minimum absolute atomic E-state index is 0.0475. The number of rotatable bonds is 1. The number of hydrogen-bond acceptors (Lipinski definition) is 7. The van der Waals surface area contributed by atoms with Gasteiger partial charge in [-0.3, -0.25) is 0 Å². The van der Waals surface area contributed by atoms with Crippen LogP contribution in [0.2, 0.25) is 10.3 Å². The van der Waals surface area contributed by atoms with Gasteiger partial charge in [0.1, 0.15) is 30.0 Å². The van der Waals surface area contributed by atoms with Crippen LogP contribution in [-0.2, 0) is 0 Å². The Morgan fingerprint density at radius 2 is 1.48 bits per heavy atom. The van der Waals surface area contributed by atoms with Gasteiger partial charge in [0.25, 0.3) is 0 Å². The van der Waals surface area contributed by atoms with Gasteiger partial charge in [-0.05, 0) is 0 Å². The molecule has 0 spiro atoms. The van der Waals surface area contributed by atoms with Gasteiger partial charge in [-0.2, -0.15) is 9.97 Å². The van der Waals surface area contributed by atoms with E-state index in [1.54, 1.807) is 9.35 Å². The summed E-state index contributed by atoms with van der Waals surface area (Å²) in [5, 5.41) is 0.434. The molecule has 0 radical (unpaired) electrons. The predicted octanol–water partition coefficient (Wildman–Crippen LogP) is 1.17. The quantitative estimate of drug-likeness (QED) is 0.523. The van der Waals surface area contributed by atoms with Crippen LogP contribution < -0.4 is 5.73 Å². The molecule has 0 atom stereocenters. The van der Waals surface area contributed by atoms with Crippen LogP contribution in [0.15, 0.2) is 19.0 Å². The lowest BCUT2D eigenvalue weighted by Gasteiger charge is -2.05. The third-order valence-corrected chi connectivity index (χ3v) is 3.40. The maximum absolute atomic E-state index is 6.00. The highest BCUT2D eigenvalue weighted by atomic mass is 35.5. The summed E-state index contributed by atoms with van der Waals surface area (Å²) in [5.41, 5.74) is 7.45. The number of anilines is 1. The normalized spacial score (nSPS) is 11.5. The van der Waals surface area contributed by atoms with E-state index in [4.69, 9.17) is 28.9 Å². The first-order valence-corrected chi connectivity index (χ1v) is 6.41. The molecule has 4 heterocycles. The van der Waals surface area contributed by atoms with E-state index in [9.17, 15) is 0 Å². The van der Waals surface area contributed by atoms with Crippen molar-refractivity contribution in [2.75, 3.05) is 5.73 Å². The Morgan fingerprint density at radius 1 is 0.810 bits per heavy atom. The van der Waals surface area contributed by atoms with Crippen LogP contribution in [0.5, 0.6) is 0 Å². The molecule has 0 fully saturated rings. The Kier molecular flexibility index (Phi) is 2.47. The van der Waals surface area contributed by atoms with Gasteiger partial charge in [0.05, 0.1) is 0 Å². The number of halogens is 2. The zero-order chi connectivity index (χ0) is 14.6. The zero-order valence-electron chi connectivity index (χ0n) is 10.1. The minimum Gasteiger partial charge on any atom is -0.368 e. The summed E-state index contributed by atoms with van der Waals surface area (Å²) in [6.07, 6.45) is 4.39. The molecule has 0 unspecified atom stereocenters. The first kappa shape index (κ1) is 12.2. The number of nitrogens with two attached hydrogens (primary N) is 1. The maximum atomic E-state index is 6.00. The van der Waals surface area contributed by atoms with Crippen molar-refractivity contribution in [1.82, 2.24) is 39.3 Å². The lowest BCUT2D eigenvalue weighted by Crippen LogP contribution is -2.09. The van der Waals surface area contributed by atoms with Crippen LogP contribution in [0.25, 0.3) is 22.3 Å². The van der Waals surface area contributed by atoms with Gasteiger partial charge in [-0.1, -0.05) is 23.2 Å². The molecule has 0 aliphatic carbocycles. The molecule has 4 aromatic heterocycles. The number of hydrogen-bond donors (Lipinski definition) is 1. The van der Waals surface area contributed by atoms with Crippen LogP contribution in [0.1, 0.15) is 0 Å². The topological polar surface area (TPSA) is 113 Å². The Labute approximate surface area is 126 Å². The van der Waals surface area contributed by atoms with Gasteiger partial charge >= 0.3 is 0 Å². The molecular formula is C10H5Cl2N9. The highest BCUT2D eigenvalue weighted by Crippen LogP contribution is 2.22. The van der Waals surface area contributed by atoms with Crippen molar-refractivity contribution in [3.05, 3.63) is 29.3 Å². The number of aromatic nitrogens is 8. The maximum Gasteiger partial charge on any atom is 0.223 e. The molecule has 104 valence electrons. The fourth-order valence-corrected chi connectivity index (χ4v) is 2.38. The third kappa shape index (κ3) is 1.71. The summed E-state index contributed by atoms with van der Waals surface area (Å²) in [4.78, 5) is 24.4. The molecule has 0 bridgehead atoms. The SMILES string of the molecule is Nc1nc(Cl)c2ncn(-n3cnc4c(Cl)ncnc43)c2n1. The largest absolute Gasteiger partial charge is 0.368 e. The first-order valence-electron chi connectivity index (χ1n) is 5.65. The van der Waals surface area contributed by atoms with Crippen molar-refractivity contribution in [2.24, 2.45) is 0 Å². The fourth-order valence-electron chi connectivity index (χ4n) is 1.98. The van der Waals surface area contributed by atoms with Crippen molar-refractivity contribution in [2.45, 2.75) is 0 Å². The second-order valence-electron chi connectivity index (χ2n) is 4.06. The molecule has 11 heteroatoms. The van der Waals surface area contributed by atoms with Gasteiger partial charge in [-0.25, -0.2) is 29.3 Å². The van der Waals surface area contributed by atoms with Crippen LogP contribution in [0.3, 0.4) is 0 Å². The van der Waals surface area contributed by atoms with Crippen LogP contribution in [0, 0.1) is 0 Å². The molecular weight excluding hydrogens is 317 g/mol. The Hall–Kier alpha value is -2.52. The van der Waals surface area contributed by atoms with Crippen molar-refractivity contribution < 1.29 is 0 Å². The van der Waals surface area contributed by atoms with E-state index >= 15 is 0 Å².